The topological polar surface area (TPSA) is 41.6 Å². The lowest BCUT2D eigenvalue weighted by Crippen LogP contribution is -2.48. The summed E-state index contributed by atoms with van der Waals surface area (Å²) in [6, 6.07) is 0. The summed E-state index contributed by atoms with van der Waals surface area (Å²) < 4.78 is 4.91. The van der Waals surface area contributed by atoms with Crippen LogP contribution in [0.3, 0.4) is 0 Å². The van der Waals surface area contributed by atoms with E-state index in [1.165, 1.54) is 19.3 Å². The third-order valence-electron chi connectivity index (χ3n) is 2.35. The van der Waals surface area contributed by atoms with Gasteiger partial charge >= 0.3 is 0 Å². The number of hydrogen-bond donors (Lipinski definition) is 1. The van der Waals surface area contributed by atoms with Crippen LogP contribution in [-0.2, 0) is 9.53 Å². The molecule has 4 nitrogen and oxygen atoms in total. The van der Waals surface area contributed by atoms with Crippen LogP contribution in [0.25, 0.3) is 0 Å². The van der Waals surface area contributed by atoms with Crippen molar-refractivity contribution in [3.05, 3.63) is 0 Å². The van der Waals surface area contributed by atoms with Gasteiger partial charge in [-0.15, -0.1) is 0 Å². The van der Waals surface area contributed by atoms with Gasteiger partial charge in [0, 0.05) is 20.2 Å². The van der Waals surface area contributed by atoms with Crippen LogP contribution in [0.5, 0.6) is 0 Å². The van der Waals surface area contributed by atoms with E-state index in [4.69, 9.17) is 4.74 Å². The van der Waals surface area contributed by atoms with Crippen LogP contribution in [0.1, 0.15) is 26.2 Å². The zero-order valence-corrected chi connectivity index (χ0v) is 8.38. The number of carbonyl (C=O) groups is 1. The highest BCUT2D eigenvalue weighted by Crippen LogP contribution is 2.05. The molecule has 0 aliphatic carbocycles. The first kappa shape index (κ1) is 10.5. The Balaban J connectivity index is 2.26. The van der Waals surface area contributed by atoms with Gasteiger partial charge in [-0.2, -0.15) is 0 Å². The Morgan fingerprint density at radius 2 is 2.00 bits per heavy atom. The highest BCUT2D eigenvalue weighted by atomic mass is 16.5. The largest absolute Gasteiger partial charge is 0.372 e. The molecule has 0 spiro atoms. The first-order chi connectivity index (χ1) is 6.24. The predicted octanol–water partition coefficient (Wildman–Crippen LogP) is 0.538. The molecule has 76 valence electrons. The van der Waals surface area contributed by atoms with E-state index in [1.54, 1.807) is 14.0 Å². The van der Waals surface area contributed by atoms with Crippen molar-refractivity contribution in [3.8, 4) is 0 Å². The van der Waals surface area contributed by atoms with Crippen LogP contribution in [-0.4, -0.2) is 37.2 Å². The van der Waals surface area contributed by atoms with Crippen molar-refractivity contribution in [2.75, 3.05) is 20.2 Å². The molecule has 0 saturated carbocycles. The standard InChI is InChI=1S/C9H18N2O2/c1-8(13-2)9(12)10-11-6-4-3-5-7-11/h8H,3-7H2,1-2H3,(H,10,12). The highest BCUT2D eigenvalue weighted by Gasteiger charge is 2.16. The fourth-order valence-corrected chi connectivity index (χ4v) is 1.36. The van der Waals surface area contributed by atoms with Gasteiger partial charge in [-0.05, 0) is 19.8 Å². The number of nitrogens with zero attached hydrogens (tertiary/aromatic N) is 1. The lowest BCUT2D eigenvalue weighted by molar-refractivity contribution is -0.135. The SMILES string of the molecule is COC(C)C(=O)NN1CCCCC1. The van der Waals surface area contributed by atoms with E-state index < -0.39 is 0 Å². The molecule has 1 aliphatic rings. The average molecular weight is 186 g/mol. The fraction of sp³-hybridized carbons (Fsp3) is 0.889. The molecule has 1 N–H and O–H groups in total. The van der Waals surface area contributed by atoms with Crippen molar-refractivity contribution in [1.29, 1.82) is 0 Å². The number of hydrazine groups is 1. The minimum absolute atomic E-state index is 0.0515. The molecule has 0 aromatic heterocycles. The van der Waals surface area contributed by atoms with Gasteiger partial charge in [0.25, 0.3) is 5.91 Å². The van der Waals surface area contributed by atoms with Crippen LogP contribution >= 0.6 is 0 Å². The van der Waals surface area contributed by atoms with Gasteiger partial charge in [0.15, 0.2) is 0 Å². The summed E-state index contributed by atoms with van der Waals surface area (Å²) in [7, 11) is 1.54. The number of amides is 1. The molecule has 13 heavy (non-hydrogen) atoms. The quantitative estimate of drug-likeness (QED) is 0.699. The summed E-state index contributed by atoms with van der Waals surface area (Å²) in [5, 5.41) is 1.97. The maximum absolute atomic E-state index is 11.4. The smallest absolute Gasteiger partial charge is 0.263 e. The van der Waals surface area contributed by atoms with Crippen LogP contribution in [0, 0.1) is 0 Å². The van der Waals surface area contributed by atoms with Crippen molar-refractivity contribution in [2.24, 2.45) is 0 Å². The number of piperidine rings is 1. The van der Waals surface area contributed by atoms with Crippen molar-refractivity contribution < 1.29 is 9.53 Å². The van der Waals surface area contributed by atoms with Gasteiger partial charge in [0.2, 0.25) is 0 Å². The van der Waals surface area contributed by atoms with Crippen LogP contribution in [0.4, 0.5) is 0 Å². The Kier molecular flexibility index (Phi) is 4.18. The number of hydrogen-bond acceptors (Lipinski definition) is 3. The van der Waals surface area contributed by atoms with Crippen molar-refractivity contribution in [3.63, 3.8) is 0 Å². The van der Waals surface area contributed by atoms with Crippen molar-refractivity contribution >= 4 is 5.91 Å². The predicted molar refractivity (Wildman–Crippen MR) is 50.0 cm³/mol. The van der Waals surface area contributed by atoms with E-state index in [-0.39, 0.29) is 12.0 Å². The summed E-state index contributed by atoms with van der Waals surface area (Å²) in [5.41, 5.74) is 2.84. The maximum Gasteiger partial charge on any atom is 0.263 e. The molecule has 0 bridgehead atoms. The van der Waals surface area contributed by atoms with Gasteiger partial charge in [-0.3, -0.25) is 10.2 Å². The molecule has 1 heterocycles. The van der Waals surface area contributed by atoms with Gasteiger partial charge in [0.1, 0.15) is 6.10 Å². The second-order valence-electron chi connectivity index (χ2n) is 3.40. The highest BCUT2D eigenvalue weighted by molar-refractivity contribution is 5.79. The third kappa shape index (κ3) is 3.32. The Bertz CT molecular complexity index is 167. The Labute approximate surface area is 79.2 Å². The van der Waals surface area contributed by atoms with E-state index in [1.807, 2.05) is 5.01 Å². The molecule has 1 saturated heterocycles. The summed E-state index contributed by atoms with van der Waals surface area (Å²) in [6.45, 7) is 3.67. The summed E-state index contributed by atoms with van der Waals surface area (Å²) in [6.07, 6.45) is 3.25. The molecule has 1 unspecified atom stereocenters. The number of ether oxygens (including phenoxy) is 1. The molecule has 1 aliphatic heterocycles. The van der Waals surface area contributed by atoms with E-state index >= 15 is 0 Å². The van der Waals surface area contributed by atoms with Crippen LogP contribution in [0.15, 0.2) is 0 Å². The second-order valence-corrected chi connectivity index (χ2v) is 3.40. The number of methoxy groups -OCH3 is 1. The number of rotatable bonds is 3. The Hall–Kier alpha value is -0.610. The minimum atomic E-state index is -0.359. The zero-order valence-electron chi connectivity index (χ0n) is 8.38. The molecule has 1 atom stereocenters. The lowest BCUT2D eigenvalue weighted by Gasteiger charge is -2.27. The van der Waals surface area contributed by atoms with Gasteiger partial charge < -0.3 is 4.74 Å². The molecule has 1 amide bonds. The molecule has 0 aromatic carbocycles. The molecule has 1 fully saturated rings. The van der Waals surface area contributed by atoms with E-state index in [0.29, 0.717) is 0 Å². The summed E-state index contributed by atoms with van der Waals surface area (Å²) in [5.74, 6) is -0.0515. The maximum atomic E-state index is 11.4. The zero-order chi connectivity index (χ0) is 9.68. The van der Waals surface area contributed by atoms with E-state index in [0.717, 1.165) is 13.1 Å². The summed E-state index contributed by atoms with van der Waals surface area (Å²) >= 11 is 0. The van der Waals surface area contributed by atoms with Gasteiger partial charge in [0.05, 0.1) is 0 Å². The third-order valence-corrected chi connectivity index (χ3v) is 2.35. The molecule has 1 rings (SSSR count). The monoisotopic (exact) mass is 186 g/mol. The molecule has 0 aromatic rings. The normalized spacial score (nSPS) is 21.1. The Morgan fingerprint density at radius 3 is 2.54 bits per heavy atom. The second kappa shape index (κ2) is 5.19. The number of nitrogens with one attached hydrogen (secondary N) is 1. The average Bonchev–Trinajstić information content (AvgIpc) is 2.18. The summed E-state index contributed by atoms with van der Waals surface area (Å²) in [4.78, 5) is 11.4. The number of carbonyl (C=O) groups excluding carboxylic acids is 1. The molecule has 4 heteroatoms. The fourth-order valence-electron chi connectivity index (χ4n) is 1.36. The van der Waals surface area contributed by atoms with Crippen LogP contribution < -0.4 is 5.43 Å². The first-order valence-electron chi connectivity index (χ1n) is 4.82. The first-order valence-corrected chi connectivity index (χ1v) is 4.82. The van der Waals surface area contributed by atoms with Crippen LogP contribution in [0.2, 0.25) is 0 Å². The lowest BCUT2D eigenvalue weighted by atomic mass is 10.2. The minimum Gasteiger partial charge on any atom is -0.372 e. The van der Waals surface area contributed by atoms with E-state index in [9.17, 15) is 4.79 Å². The molecular formula is C9H18N2O2. The molecule has 0 radical (unpaired) electrons. The van der Waals surface area contributed by atoms with E-state index in [2.05, 4.69) is 5.43 Å². The van der Waals surface area contributed by atoms with Gasteiger partial charge in [-0.25, -0.2) is 5.01 Å². The van der Waals surface area contributed by atoms with Crippen molar-refractivity contribution in [1.82, 2.24) is 10.4 Å². The molecular weight excluding hydrogens is 168 g/mol. The Morgan fingerprint density at radius 1 is 1.38 bits per heavy atom. The van der Waals surface area contributed by atoms with Gasteiger partial charge in [-0.1, -0.05) is 6.42 Å². The van der Waals surface area contributed by atoms with Crippen molar-refractivity contribution in [2.45, 2.75) is 32.3 Å².